The number of rotatable bonds is 7. The van der Waals surface area contributed by atoms with Crippen molar-refractivity contribution in [3.05, 3.63) is 10.8 Å². The minimum Gasteiger partial charge on any atom is -0.369 e. The second-order valence-electron chi connectivity index (χ2n) is 4.09. The molecule has 96 valence electrons. The van der Waals surface area contributed by atoms with E-state index in [9.17, 15) is 0 Å². The predicted octanol–water partition coefficient (Wildman–Crippen LogP) is 4.20. The van der Waals surface area contributed by atoms with E-state index in [1.807, 2.05) is 0 Å². The summed E-state index contributed by atoms with van der Waals surface area (Å²) in [6.07, 6.45) is 3.92. The summed E-state index contributed by atoms with van der Waals surface area (Å²) >= 11 is 5.36. The molecule has 5 heteroatoms. The van der Waals surface area contributed by atoms with Gasteiger partial charge >= 0.3 is 0 Å². The van der Waals surface area contributed by atoms with Crippen molar-refractivity contribution in [3.63, 3.8) is 0 Å². The van der Waals surface area contributed by atoms with Crippen LogP contribution in [0.1, 0.15) is 33.6 Å². The van der Waals surface area contributed by atoms with E-state index < -0.39 is 0 Å². The number of aromatic nitrogens is 2. The Morgan fingerprint density at radius 2 is 2.18 bits per heavy atom. The highest BCUT2D eigenvalue weighted by Crippen LogP contribution is 2.31. The van der Waals surface area contributed by atoms with Crippen LogP contribution in [0.4, 0.5) is 5.82 Å². The first kappa shape index (κ1) is 14.8. The van der Waals surface area contributed by atoms with Crippen LogP contribution >= 0.6 is 27.7 Å². The lowest BCUT2D eigenvalue weighted by Crippen LogP contribution is -2.04. The number of halogens is 1. The first-order valence-electron chi connectivity index (χ1n) is 6.06. The Morgan fingerprint density at radius 1 is 1.41 bits per heavy atom. The molecule has 1 rings (SSSR count). The third-order valence-electron chi connectivity index (χ3n) is 2.50. The molecule has 0 aliphatic rings. The molecule has 3 nitrogen and oxygen atoms in total. The molecule has 0 aliphatic carbocycles. The van der Waals surface area contributed by atoms with Crippen molar-refractivity contribution in [2.45, 2.75) is 38.6 Å². The minimum atomic E-state index is 0.717. The summed E-state index contributed by atoms with van der Waals surface area (Å²) in [5, 5.41) is 4.32. The third kappa shape index (κ3) is 4.84. The van der Waals surface area contributed by atoms with Gasteiger partial charge in [-0.3, -0.25) is 0 Å². The van der Waals surface area contributed by atoms with E-state index in [4.69, 9.17) is 0 Å². The van der Waals surface area contributed by atoms with E-state index >= 15 is 0 Å². The maximum Gasteiger partial charge on any atom is 0.144 e. The van der Waals surface area contributed by atoms with Crippen LogP contribution in [0.25, 0.3) is 0 Å². The van der Waals surface area contributed by atoms with Gasteiger partial charge in [0.15, 0.2) is 0 Å². The molecule has 0 spiro atoms. The molecular weight excluding hydrogens is 298 g/mol. The van der Waals surface area contributed by atoms with Crippen LogP contribution in [0.5, 0.6) is 0 Å². The molecule has 1 aromatic heterocycles. The van der Waals surface area contributed by atoms with Crippen molar-refractivity contribution < 1.29 is 0 Å². The largest absolute Gasteiger partial charge is 0.369 e. The van der Waals surface area contributed by atoms with Crippen LogP contribution < -0.4 is 5.32 Å². The summed E-state index contributed by atoms with van der Waals surface area (Å²) in [6, 6.07) is 0. The van der Waals surface area contributed by atoms with E-state index in [0.29, 0.717) is 5.92 Å². The fourth-order valence-corrected chi connectivity index (χ4v) is 2.87. The van der Waals surface area contributed by atoms with E-state index in [1.165, 1.54) is 6.42 Å². The molecule has 1 heterocycles. The van der Waals surface area contributed by atoms with Crippen molar-refractivity contribution in [1.29, 1.82) is 0 Å². The molecule has 0 aliphatic heterocycles. The van der Waals surface area contributed by atoms with Crippen molar-refractivity contribution in [2.75, 3.05) is 17.6 Å². The number of nitrogens with one attached hydrogen (secondary N) is 1. The normalized spacial score (nSPS) is 12.5. The number of hydrogen-bond acceptors (Lipinski definition) is 4. The van der Waals surface area contributed by atoms with Crippen molar-refractivity contribution in [3.8, 4) is 0 Å². The summed E-state index contributed by atoms with van der Waals surface area (Å²) in [5.41, 5.74) is 0. The Labute approximate surface area is 116 Å². The first-order chi connectivity index (χ1) is 8.19. The minimum absolute atomic E-state index is 0.717. The van der Waals surface area contributed by atoms with Gasteiger partial charge in [-0.25, -0.2) is 9.97 Å². The molecule has 0 amide bonds. The van der Waals surface area contributed by atoms with Crippen LogP contribution in [0.2, 0.25) is 0 Å². The van der Waals surface area contributed by atoms with Gasteiger partial charge in [-0.2, -0.15) is 0 Å². The van der Waals surface area contributed by atoms with Crippen LogP contribution in [-0.4, -0.2) is 22.3 Å². The topological polar surface area (TPSA) is 37.8 Å². The van der Waals surface area contributed by atoms with Crippen molar-refractivity contribution >= 4 is 33.5 Å². The van der Waals surface area contributed by atoms with E-state index in [-0.39, 0.29) is 0 Å². The molecule has 17 heavy (non-hydrogen) atoms. The quantitative estimate of drug-likeness (QED) is 0.604. The Bertz CT molecular complexity index is 347. The maximum atomic E-state index is 4.32. The average Bonchev–Trinajstić information content (AvgIpc) is 2.35. The zero-order valence-electron chi connectivity index (χ0n) is 10.7. The molecular formula is C12H20BrN3S. The Hall–Kier alpha value is -0.290. The zero-order chi connectivity index (χ0) is 12.7. The lowest BCUT2D eigenvalue weighted by atomic mass is 10.2. The van der Waals surface area contributed by atoms with Gasteiger partial charge in [0.25, 0.3) is 0 Å². The molecule has 0 radical (unpaired) electrons. The molecule has 1 unspecified atom stereocenters. The summed E-state index contributed by atoms with van der Waals surface area (Å²) in [7, 11) is 0. The zero-order valence-corrected chi connectivity index (χ0v) is 13.1. The molecule has 1 N–H and O–H groups in total. The molecule has 0 saturated heterocycles. The van der Waals surface area contributed by atoms with Crippen molar-refractivity contribution in [1.82, 2.24) is 9.97 Å². The maximum absolute atomic E-state index is 4.32. The average molecular weight is 318 g/mol. The molecule has 1 atom stereocenters. The summed E-state index contributed by atoms with van der Waals surface area (Å²) in [4.78, 5) is 8.56. The van der Waals surface area contributed by atoms with Crippen LogP contribution in [0.15, 0.2) is 15.8 Å². The monoisotopic (exact) mass is 317 g/mol. The van der Waals surface area contributed by atoms with Gasteiger partial charge in [0.2, 0.25) is 0 Å². The van der Waals surface area contributed by atoms with Gasteiger partial charge in [0.05, 0.1) is 4.47 Å². The summed E-state index contributed by atoms with van der Waals surface area (Å²) < 4.78 is 0.988. The van der Waals surface area contributed by atoms with Crippen LogP contribution in [0.3, 0.4) is 0 Å². The summed E-state index contributed by atoms with van der Waals surface area (Å²) in [5.74, 6) is 2.71. The number of hydrogen-bond donors (Lipinski definition) is 1. The van der Waals surface area contributed by atoms with E-state index in [1.54, 1.807) is 18.1 Å². The van der Waals surface area contributed by atoms with Gasteiger partial charge in [0, 0.05) is 12.3 Å². The highest BCUT2D eigenvalue weighted by Gasteiger charge is 2.10. The predicted molar refractivity (Wildman–Crippen MR) is 78.7 cm³/mol. The standard InChI is InChI=1S/C12H20BrN3S/c1-4-6-14-11-10(13)12(16-8-15-11)17-7-9(3)5-2/h8-9H,4-7H2,1-3H3,(H,14,15,16). The summed E-state index contributed by atoms with van der Waals surface area (Å²) in [6.45, 7) is 7.55. The van der Waals surface area contributed by atoms with E-state index in [2.05, 4.69) is 52.0 Å². The number of nitrogens with zero attached hydrogens (tertiary/aromatic N) is 2. The second kappa shape index (κ2) is 7.93. The van der Waals surface area contributed by atoms with E-state index in [0.717, 1.165) is 34.0 Å². The molecule has 0 aromatic carbocycles. The second-order valence-corrected chi connectivity index (χ2v) is 5.89. The van der Waals surface area contributed by atoms with Gasteiger partial charge in [-0.05, 0) is 28.3 Å². The molecule has 1 aromatic rings. The highest BCUT2D eigenvalue weighted by molar-refractivity contribution is 9.10. The van der Waals surface area contributed by atoms with Crippen molar-refractivity contribution in [2.24, 2.45) is 5.92 Å². The molecule has 0 saturated carbocycles. The Kier molecular flexibility index (Phi) is 6.89. The van der Waals surface area contributed by atoms with Gasteiger partial charge < -0.3 is 5.32 Å². The first-order valence-corrected chi connectivity index (χ1v) is 7.84. The lowest BCUT2D eigenvalue weighted by molar-refractivity contribution is 0.636. The van der Waals surface area contributed by atoms with Gasteiger partial charge in [-0.15, -0.1) is 11.8 Å². The SMILES string of the molecule is CCCNc1ncnc(SCC(C)CC)c1Br. The number of thioether (sulfide) groups is 1. The smallest absolute Gasteiger partial charge is 0.144 e. The number of anilines is 1. The fourth-order valence-electron chi connectivity index (χ4n) is 1.16. The fraction of sp³-hybridized carbons (Fsp3) is 0.667. The molecule has 0 bridgehead atoms. The van der Waals surface area contributed by atoms with Crippen LogP contribution in [0, 0.1) is 5.92 Å². The highest BCUT2D eigenvalue weighted by atomic mass is 79.9. The molecule has 0 fully saturated rings. The van der Waals surface area contributed by atoms with Gasteiger partial charge in [-0.1, -0.05) is 27.2 Å². The van der Waals surface area contributed by atoms with Gasteiger partial charge in [0.1, 0.15) is 17.2 Å². The van der Waals surface area contributed by atoms with Crippen LogP contribution in [-0.2, 0) is 0 Å². The lowest BCUT2D eigenvalue weighted by Gasteiger charge is -2.11. The third-order valence-corrected chi connectivity index (χ3v) is 4.83. The Morgan fingerprint density at radius 3 is 2.82 bits per heavy atom. The Balaban J connectivity index is 2.65.